The first-order valence-electron chi connectivity index (χ1n) is 11.3. The molecule has 0 aromatic heterocycles. The fourth-order valence-electron chi connectivity index (χ4n) is 3.06. The molecule has 178 valence electrons. The molecular formula is C27H30N2O5. The highest BCUT2D eigenvalue weighted by molar-refractivity contribution is 5.71. The first-order chi connectivity index (χ1) is 16.6. The summed E-state index contributed by atoms with van der Waals surface area (Å²) in [7, 11) is 0. The van der Waals surface area contributed by atoms with E-state index in [0.29, 0.717) is 17.9 Å². The lowest BCUT2D eigenvalue weighted by Crippen LogP contribution is -2.41. The maximum absolute atomic E-state index is 12.5. The van der Waals surface area contributed by atoms with Crippen molar-refractivity contribution in [3.63, 3.8) is 0 Å². The molecule has 0 spiro atoms. The van der Waals surface area contributed by atoms with Gasteiger partial charge in [-0.15, -0.1) is 0 Å². The molecule has 0 bridgehead atoms. The highest BCUT2D eigenvalue weighted by Gasteiger charge is 2.19. The van der Waals surface area contributed by atoms with Crippen LogP contribution in [0.2, 0.25) is 0 Å². The van der Waals surface area contributed by atoms with E-state index in [9.17, 15) is 9.59 Å². The fourth-order valence-corrected chi connectivity index (χ4v) is 3.06. The predicted octanol–water partition coefficient (Wildman–Crippen LogP) is 5.72. The van der Waals surface area contributed by atoms with Gasteiger partial charge in [-0.1, -0.05) is 86.1 Å². The third kappa shape index (κ3) is 8.50. The number of hydrogen-bond acceptors (Lipinski definition) is 5. The zero-order valence-corrected chi connectivity index (χ0v) is 19.2. The number of hydrogen-bond donors (Lipinski definition) is 2. The van der Waals surface area contributed by atoms with Crippen molar-refractivity contribution in [2.45, 2.75) is 39.1 Å². The summed E-state index contributed by atoms with van der Waals surface area (Å²) in [4.78, 5) is 24.9. The Labute approximate surface area is 200 Å². The van der Waals surface area contributed by atoms with Gasteiger partial charge in [0, 0.05) is 0 Å². The molecule has 3 rings (SSSR count). The predicted molar refractivity (Wildman–Crippen MR) is 129 cm³/mol. The number of amides is 2. The zero-order chi connectivity index (χ0) is 24.0. The van der Waals surface area contributed by atoms with Crippen LogP contribution in [0.5, 0.6) is 5.75 Å². The largest absolute Gasteiger partial charge is 0.494 e. The number of carbonyl (C=O) groups is 2. The van der Waals surface area contributed by atoms with Gasteiger partial charge in [0.25, 0.3) is 0 Å². The van der Waals surface area contributed by atoms with Crippen molar-refractivity contribution >= 4 is 12.2 Å². The number of benzene rings is 3. The van der Waals surface area contributed by atoms with Crippen molar-refractivity contribution in [1.29, 1.82) is 0 Å². The fraction of sp³-hybridized carbons (Fsp3) is 0.259. The van der Waals surface area contributed by atoms with Crippen LogP contribution < -0.4 is 15.4 Å². The summed E-state index contributed by atoms with van der Waals surface area (Å²) in [6, 6.07) is 25.9. The van der Waals surface area contributed by atoms with Crippen LogP contribution in [0.25, 0.3) is 0 Å². The number of unbranched alkanes of at least 4 members (excludes halogenated alkanes) is 1. The van der Waals surface area contributed by atoms with Crippen LogP contribution in [0.1, 0.15) is 42.6 Å². The molecule has 0 aliphatic heterocycles. The lowest BCUT2D eigenvalue weighted by molar-refractivity contribution is 0.122. The van der Waals surface area contributed by atoms with Crippen LogP contribution in [-0.2, 0) is 22.7 Å². The molecule has 3 aromatic carbocycles. The van der Waals surface area contributed by atoms with Crippen LogP contribution >= 0.6 is 0 Å². The van der Waals surface area contributed by atoms with Crippen molar-refractivity contribution in [2.24, 2.45) is 0 Å². The molecule has 0 aliphatic rings. The molecule has 0 unspecified atom stereocenters. The number of alkyl carbamates (subject to hydrolysis) is 2. The number of rotatable bonds is 11. The number of nitrogens with one attached hydrogen (secondary N) is 2. The summed E-state index contributed by atoms with van der Waals surface area (Å²) in [5.74, 6) is 0.717. The van der Waals surface area contributed by atoms with Crippen LogP contribution in [-0.4, -0.2) is 18.8 Å². The van der Waals surface area contributed by atoms with Crippen LogP contribution in [0.15, 0.2) is 84.9 Å². The van der Waals surface area contributed by atoms with Crippen molar-refractivity contribution in [3.8, 4) is 5.75 Å². The van der Waals surface area contributed by atoms with Crippen molar-refractivity contribution < 1.29 is 23.8 Å². The van der Waals surface area contributed by atoms with Gasteiger partial charge in [-0.25, -0.2) is 9.59 Å². The molecule has 2 N–H and O–H groups in total. The van der Waals surface area contributed by atoms with Crippen LogP contribution in [0.3, 0.4) is 0 Å². The topological polar surface area (TPSA) is 85.9 Å². The summed E-state index contributed by atoms with van der Waals surface area (Å²) in [6.45, 7) is 2.96. The molecule has 2 amide bonds. The van der Waals surface area contributed by atoms with Gasteiger partial charge in [0.2, 0.25) is 0 Å². The standard InChI is InChI=1S/C27H30N2O5/c1-2-3-18-32-24-16-14-23(15-17-24)25(28-26(30)33-19-21-10-6-4-7-11-21)29-27(31)34-20-22-12-8-5-9-13-22/h4-17,25H,2-3,18-20H2,1H3,(H,28,30)(H,29,31). The van der Waals surface area contributed by atoms with Gasteiger partial charge >= 0.3 is 12.2 Å². The quantitative estimate of drug-likeness (QED) is 0.281. The first kappa shape index (κ1) is 24.6. The Hall–Kier alpha value is -4.00. The highest BCUT2D eigenvalue weighted by atomic mass is 16.6. The monoisotopic (exact) mass is 462 g/mol. The highest BCUT2D eigenvalue weighted by Crippen LogP contribution is 2.18. The van der Waals surface area contributed by atoms with E-state index in [1.807, 2.05) is 60.7 Å². The Morgan fingerprint density at radius 1 is 0.735 bits per heavy atom. The van der Waals surface area contributed by atoms with E-state index in [1.54, 1.807) is 24.3 Å². The minimum atomic E-state index is -0.851. The van der Waals surface area contributed by atoms with Gasteiger partial charge in [-0.3, -0.25) is 10.6 Å². The number of carbonyl (C=O) groups excluding carboxylic acids is 2. The van der Waals surface area contributed by atoms with E-state index in [2.05, 4.69) is 17.6 Å². The molecule has 0 saturated heterocycles. The van der Waals surface area contributed by atoms with E-state index >= 15 is 0 Å². The molecule has 0 aliphatic carbocycles. The summed E-state index contributed by atoms with van der Waals surface area (Å²) in [6.07, 6.45) is -0.171. The van der Waals surface area contributed by atoms with Gasteiger partial charge in [0.15, 0.2) is 0 Å². The van der Waals surface area contributed by atoms with Gasteiger partial charge in [0.05, 0.1) is 6.61 Å². The van der Waals surface area contributed by atoms with E-state index in [-0.39, 0.29) is 13.2 Å². The average molecular weight is 463 g/mol. The minimum absolute atomic E-state index is 0.113. The molecule has 7 heteroatoms. The van der Waals surface area contributed by atoms with Crippen molar-refractivity contribution in [1.82, 2.24) is 10.6 Å². The third-order valence-electron chi connectivity index (χ3n) is 4.93. The maximum Gasteiger partial charge on any atom is 0.409 e. The number of ether oxygens (including phenoxy) is 3. The molecule has 3 aromatic rings. The van der Waals surface area contributed by atoms with Gasteiger partial charge in [-0.2, -0.15) is 0 Å². The third-order valence-corrected chi connectivity index (χ3v) is 4.93. The molecule has 0 heterocycles. The Morgan fingerprint density at radius 3 is 1.71 bits per heavy atom. The minimum Gasteiger partial charge on any atom is -0.494 e. The van der Waals surface area contributed by atoms with Crippen LogP contribution in [0, 0.1) is 0 Å². The molecule has 0 radical (unpaired) electrons. The lowest BCUT2D eigenvalue weighted by atomic mass is 10.1. The van der Waals surface area contributed by atoms with E-state index in [1.165, 1.54) is 0 Å². The van der Waals surface area contributed by atoms with Gasteiger partial charge in [-0.05, 0) is 35.2 Å². The Bertz CT molecular complexity index is 953. The SMILES string of the molecule is CCCCOc1ccc(C(NC(=O)OCc2ccccc2)NC(=O)OCc2ccccc2)cc1. The maximum atomic E-state index is 12.5. The second-order valence-corrected chi connectivity index (χ2v) is 7.62. The molecule has 0 saturated carbocycles. The smallest absolute Gasteiger partial charge is 0.409 e. The zero-order valence-electron chi connectivity index (χ0n) is 19.2. The van der Waals surface area contributed by atoms with Crippen LogP contribution in [0.4, 0.5) is 9.59 Å². The first-order valence-corrected chi connectivity index (χ1v) is 11.3. The van der Waals surface area contributed by atoms with Crippen molar-refractivity contribution in [2.75, 3.05) is 6.61 Å². The summed E-state index contributed by atoms with van der Waals surface area (Å²) in [5, 5.41) is 5.38. The lowest BCUT2D eigenvalue weighted by Gasteiger charge is -2.21. The van der Waals surface area contributed by atoms with E-state index in [4.69, 9.17) is 14.2 Å². The molecular weight excluding hydrogens is 432 g/mol. The second kappa shape index (κ2) is 13.5. The normalized spacial score (nSPS) is 10.4. The average Bonchev–Trinajstić information content (AvgIpc) is 2.88. The molecule has 0 atom stereocenters. The second-order valence-electron chi connectivity index (χ2n) is 7.62. The summed E-state index contributed by atoms with van der Waals surface area (Å²) >= 11 is 0. The van der Waals surface area contributed by atoms with Crippen molar-refractivity contribution in [3.05, 3.63) is 102 Å². The Balaban J connectivity index is 1.62. The van der Waals surface area contributed by atoms with E-state index in [0.717, 1.165) is 24.0 Å². The summed E-state index contributed by atoms with van der Waals surface area (Å²) < 4.78 is 16.3. The van der Waals surface area contributed by atoms with Gasteiger partial charge in [0.1, 0.15) is 25.1 Å². The molecule has 34 heavy (non-hydrogen) atoms. The Morgan fingerprint density at radius 2 is 1.24 bits per heavy atom. The molecule has 7 nitrogen and oxygen atoms in total. The summed E-state index contributed by atoms with van der Waals surface area (Å²) in [5.41, 5.74) is 2.37. The van der Waals surface area contributed by atoms with E-state index < -0.39 is 18.4 Å². The Kier molecular flexibility index (Phi) is 9.80. The van der Waals surface area contributed by atoms with Gasteiger partial charge < -0.3 is 14.2 Å². The molecule has 0 fully saturated rings.